The molecule has 3 aromatic heterocycles. The predicted molar refractivity (Wildman–Crippen MR) is 101 cm³/mol. The van der Waals surface area contributed by atoms with Crippen LogP contribution in [0, 0.1) is 0 Å². The van der Waals surface area contributed by atoms with Crippen LogP contribution in [0.25, 0.3) is 33.6 Å². The molecule has 0 saturated heterocycles. The van der Waals surface area contributed by atoms with Crippen LogP contribution in [-0.2, 0) is 7.05 Å². The van der Waals surface area contributed by atoms with E-state index >= 15 is 0 Å². The van der Waals surface area contributed by atoms with Gasteiger partial charge in [0.05, 0.1) is 27.5 Å². The Kier molecular flexibility index (Phi) is 4.19. The summed E-state index contributed by atoms with van der Waals surface area (Å²) >= 11 is 0. The summed E-state index contributed by atoms with van der Waals surface area (Å²) in [6.45, 7) is 0. The molecular formula is C20H19N3O4. The first-order valence-corrected chi connectivity index (χ1v) is 8.32. The minimum absolute atomic E-state index is 0.536. The lowest BCUT2D eigenvalue weighted by Crippen LogP contribution is -1.95. The first-order chi connectivity index (χ1) is 13.1. The minimum Gasteiger partial charge on any atom is -0.493 e. The van der Waals surface area contributed by atoms with Gasteiger partial charge in [-0.15, -0.1) is 0 Å². The number of rotatable bonds is 5. The van der Waals surface area contributed by atoms with Crippen molar-refractivity contribution >= 4 is 11.1 Å². The molecule has 1 aromatic carbocycles. The molecule has 0 aliphatic heterocycles. The predicted octanol–water partition coefficient (Wildman–Crippen LogP) is 3.92. The fraction of sp³-hybridized carbons (Fsp3) is 0.200. The highest BCUT2D eigenvalue weighted by Crippen LogP contribution is 2.42. The number of furan rings is 1. The number of pyridine rings is 1. The van der Waals surface area contributed by atoms with Crippen LogP contribution >= 0.6 is 0 Å². The standard InChI is InChI=1S/C20H19N3O4/c1-23-11-13(10-22-23)14-5-6-21-15-9-16(27-19(14)15)12-7-17(24-2)20(26-4)18(8-12)25-3/h5-11H,1-4H3. The van der Waals surface area contributed by atoms with Crippen molar-refractivity contribution in [3.8, 4) is 39.7 Å². The zero-order valence-corrected chi connectivity index (χ0v) is 15.5. The third-order valence-electron chi connectivity index (χ3n) is 4.38. The molecule has 0 amide bonds. The van der Waals surface area contributed by atoms with Crippen LogP contribution in [0.4, 0.5) is 0 Å². The second-order valence-corrected chi connectivity index (χ2v) is 6.00. The molecule has 0 atom stereocenters. The number of nitrogens with zero attached hydrogens (tertiary/aromatic N) is 3. The largest absolute Gasteiger partial charge is 0.493 e. The van der Waals surface area contributed by atoms with E-state index in [1.165, 1.54) is 0 Å². The van der Waals surface area contributed by atoms with Crippen molar-refractivity contribution in [2.75, 3.05) is 21.3 Å². The highest BCUT2D eigenvalue weighted by atomic mass is 16.5. The minimum atomic E-state index is 0.536. The summed E-state index contributed by atoms with van der Waals surface area (Å²) in [5.74, 6) is 2.32. The Bertz CT molecular complexity index is 1090. The molecule has 7 nitrogen and oxygen atoms in total. The Labute approximate surface area is 156 Å². The maximum Gasteiger partial charge on any atom is 0.203 e. The van der Waals surface area contributed by atoms with E-state index in [-0.39, 0.29) is 0 Å². The second kappa shape index (κ2) is 6.68. The van der Waals surface area contributed by atoms with Crippen molar-refractivity contribution in [2.45, 2.75) is 0 Å². The van der Waals surface area contributed by atoms with Crippen molar-refractivity contribution in [3.63, 3.8) is 0 Å². The fourth-order valence-electron chi connectivity index (χ4n) is 3.09. The van der Waals surface area contributed by atoms with E-state index in [0.717, 1.165) is 22.2 Å². The Balaban J connectivity index is 1.88. The molecule has 0 unspecified atom stereocenters. The normalized spacial score (nSPS) is 11.0. The lowest BCUT2D eigenvalue weighted by Gasteiger charge is -2.13. The number of benzene rings is 1. The number of hydrogen-bond donors (Lipinski definition) is 0. The molecule has 0 N–H and O–H groups in total. The number of aromatic nitrogens is 3. The van der Waals surface area contributed by atoms with E-state index in [1.54, 1.807) is 38.4 Å². The first-order valence-electron chi connectivity index (χ1n) is 8.32. The summed E-state index contributed by atoms with van der Waals surface area (Å²) in [4.78, 5) is 4.43. The lowest BCUT2D eigenvalue weighted by molar-refractivity contribution is 0.324. The number of methoxy groups -OCH3 is 3. The molecule has 3 heterocycles. The monoisotopic (exact) mass is 365 g/mol. The van der Waals surface area contributed by atoms with Gasteiger partial charge in [0.25, 0.3) is 0 Å². The highest BCUT2D eigenvalue weighted by molar-refractivity contribution is 5.92. The first kappa shape index (κ1) is 17.0. The summed E-state index contributed by atoms with van der Waals surface area (Å²) in [7, 11) is 6.63. The van der Waals surface area contributed by atoms with Crippen LogP contribution in [0.15, 0.2) is 47.3 Å². The summed E-state index contributed by atoms with van der Waals surface area (Å²) < 4.78 is 24.2. The molecule has 0 aliphatic carbocycles. The second-order valence-electron chi connectivity index (χ2n) is 6.00. The van der Waals surface area contributed by atoms with Crippen LogP contribution < -0.4 is 14.2 Å². The highest BCUT2D eigenvalue weighted by Gasteiger charge is 2.18. The summed E-state index contributed by atoms with van der Waals surface area (Å²) in [6, 6.07) is 7.52. The molecule has 0 saturated carbocycles. The number of ether oxygens (including phenoxy) is 3. The molecule has 4 rings (SSSR count). The molecule has 0 aliphatic rings. The van der Waals surface area contributed by atoms with E-state index in [0.29, 0.717) is 28.6 Å². The fourth-order valence-corrected chi connectivity index (χ4v) is 3.09. The maximum atomic E-state index is 6.17. The molecule has 0 fully saturated rings. The van der Waals surface area contributed by atoms with Gasteiger partial charge in [-0.3, -0.25) is 9.67 Å². The van der Waals surface area contributed by atoms with Crippen molar-refractivity contribution in [1.29, 1.82) is 0 Å². The van der Waals surface area contributed by atoms with Gasteiger partial charge in [0.1, 0.15) is 11.3 Å². The van der Waals surface area contributed by atoms with Gasteiger partial charge in [0, 0.05) is 42.2 Å². The molecule has 138 valence electrons. The van der Waals surface area contributed by atoms with Crippen molar-refractivity contribution < 1.29 is 18.6 Å². The zero-order chi connectivity index (χ0) is 19.0. The Hall–Kier alpha value is -3.48. The van der Waals surface area contributed by atoms with Crippen molar-refractivity contribution in [1.82, 2.24) is 14.8 Å². The molecule has 4 aromatic rings. The SMILES string of the molecule is COc1cc(-c2cc3nccc(-c4cnn(C)c4)c3o2)cc(OC)c1OC. The maximum absolute atomic E-state index is 6.17. The number of fused-ring (bicyclic) bond motifs is 1. The van der Waals surface area contributed by atoms with Crippen LogP contribution in [-0.4, -0.2) is 36.1 Å². The third-order valence-corrected chi connectivity index (χ3v) is 4.38. The zero-order valence-electron chi connectivity index (χ0n) is 15.5. The summed E-state index contributed by atoms with van der Waals surface area (Å²) in [6.07, 6.45) is 5.51. The average molecular weight is 365 g/mol. The van der Waals surface area contributed by atoms with Crippen LogP contribution in [0.3, 0.4) is 0 Å². The Morgan fingerprint density at radius 3 is 2.30 bits per heavy atom. The van der Waals surface area contributed by atoms with E-state index in [1.807, 2.05) is 37.5 Å². The third kappa shape index (κ3) is 2.87. The van der Waals surface area contributed by atoms with Crippen LogP contribution in [0.2, 0.25) is 0 Å². The van der Waals surface area contributed by atoms with Gasteiger partial charge in [-0.1, -0.05) is 0 Å². The van der Waals surface area contributed by atoms with Gasteiger partial charge in [-0.25, -0.2) is 0 Å². The van der Waals surface area contributed by atoms with Crippen LogP contribution in [0.5, 0.6) is 17.2 Å². The Morgan fingerprint density at radius 2 is 1.70 bits per heavy atom. The molecule has 0 spiro atoms. The number of aryl methyl sites for hydroxylation is 1. The van der Waals surface area contributed by atoms with Crippen molar-refractivity contribution in [3.05, 3.63) is 42.9 Å². The molecular weight excluding hydrogens is 346 g/mol. The van der Waals surface area contributed by atoms with E-state index in [4.69, 9.17) is 18.6 Å². The van der Waals surface area contributed by atoms with Gasteiger partial charge < -0.3 is 18.6 Å². The van der Waals surface area contributed by atoms with Crippen LogP contribution in [0.1, 0.15) is 0 Å². The van der Waals surface area contributed by atoms with Gasteiger partial charge in [0.2, 0.25) is 5.75 Å². The van der Waals surface area contributed by atoms with E-state index < -0.39 is 0 Å². The van der Waals surface area contributed by atoms with Gasteiger partial charge in [-0.2, -0.15) is 5.10 Å². The molecule has 27 heavy (non-hydrogen) atoms. The molecule has 0 bridgehead atoms. The van der Waals surface area contributed by atoms with E-state index in [2.05, 4.69) is 10.1 Å². The average Bonchev–Trinajstić information content (AvgIpc) is 3.32. The number of hydrogen-bond acceptors (Lipinski definition) is 6. The van der Waals surface area contributed by atoms with Gasteiger partial charge in [-0.05, 0) is 18.2 Å². The van der Waals surface area contributed by atoms with E-state index in [9.17, 15) is 0 Å². The smallest absolute Gasteiger partial charge is 0.203 e. The molecule has 0 radical (unpaired) electrons. The summed E-state index contributed by atoms with van der Waals surface area (Å²) in [5.41, 5.74) is 4.18. The summed E-state index contributed by atoms with van der Waals surface area (Å²) in [5, 5.41) is 4.24. The topological polar surface area (TPSA) is 71.5 Å². The molecule has 7 heteroatoms. The van der Waals surface area contributed by atoms with Crippen molar-refractivity contribution in [2.24, 2.45) is 7.05 Å². The Morgan fingerprint density at radius 1 is 0.963 bits per heavy atom. The quantitative estimate of drug-likeness (QED) is 0.534. The lowest BCUT2D eigenvalue weighted by atomic mass is 10.1. The van der Waals surface area contributed by atoms with Gasteiger partial charge in [0.15, 0.2) is 17.1 Å². The van der Waals surface area contributed by atoms with Gasteiger partial charge >= 0.3 is 0 Å².